The molecular weight excluding hydrogens is 418 g/mol. The van der Waals surface area contributed by atoms with E-state index in [1.54, 1.807) is 11.3 Å². The summed E-state index contributed by atoms with van der Waals surface area (Å²) in [6.45, 7) is 7.81. The summed E-state index contributed by atoms with van der Waals surface area (Å²) in [7, 11) is 0. The minimum Gasteiger partial charge on any atom is -0.346 e. The molecular formula is C25H27N5OS. The van der Waals surface area contributed by atoms with Crippen molar-refractivity contribution in [3.63, 3.8) is 0 Å². The van der Waals surface area contributed by atoms with Crippen molar-refractivity contribution in [2.45, 2.75) is 33.6 Å². The van der Waals surface area contributed by atoms with Gasteiger partial charge in [-0.05, 0) is 56.9 Å². The molecule has 0 spiro atoms. The maximum atomic E-state index is 12.9. The van der Waals surface area contributed by atoms with Crippen LogP contribution in [0.2, 0.25) is 0 Å². The predicted octanol–water partition coefficient (Wildman–Crippen LogP) is 5.24. The van der Waals surface area contributed by atoms with Crippen molar-refractivity contribution in [2.24, 2.45) is 5.92 Å². The van der Waals surface area contributed by atoms with Gasteiger partial charge in [-0.25, -0.2) is 9.50 Å². The Kier molecular flexibility index (Phi) is 5.43. The Labute approximate surface area is 191 Å². The molecule has 7 heteroatoms. The number of imidazole rings is 1. The van der Waals surface area contributed by atoms with Crippen LogP contribution in [0.25, 0.3) is 16.2 Å². The molecule has 5 rings (SSSR count). The lowest BCUT2D eigenvalue weighted by molar-refractivity contribution is -0.120. The van der Waals surface area contributed by atoms with Crippen molar-refractivity contribution < 1.29 is 4.79 Å². The number of benzene rings is 2. The van der Waals surface area contributed by atoms with Gasteiger partial charge in [0.05, 0.1) is 17.8 Å². The van der Waals surface area contributed by atoms with Crippen LogP contribution in [0.3, 0.4) is 0 Å². The third-order valence-electron chi connectivity index (χ3n) is 6.22. The number of fused-ring (bicyclic) bond motifs is 1. The van der Waals surface area contributed by atoms with E-state index >= 15 is 0 Å². The third-order valence-corrected chi connectivity index (χ3v) is 7.20. The topological polar surface area (TPSA) is 62.5 Å². The second-order valence-electron chi connectivity index (χ2n) is 8.68. The number of amides is 1. The van der Waals surface area contributed by atoms with Gasteiger partial charge >= 0.3 is 0 Å². The summed E-state index contributed by atoms with van der Waals surface area (Å²) >= 11 is 1.58. The van der Waals surface area contributed by atoms with Gasteiger partial charge in [-0.15, -0.1) is 5.10 Å². The maximum Gasteiger partial charge on any atom is 0.229 e. The van der Waals surface area contributed by atoms with E-state index in [4.69, 9.17) is 10.1 Å². The molecule has 0 aliphatic carbocycles. The third kappa shape index (κ3) is 4.12. The fourth-order valence-corrected chi connectivity index (χ4v) is 5.03. The van der Waals surface area contributed by atoms with E-state index < -0.39 is 0 Å². The van der Waals surface area contributed by atoms with Crippen LogP contribution >= 0.6 is 11.3 Å². The van der Waals surface area contributed by atoms with Crippen molar-refractivity contribution in [3.05, 3.63) is 65.4 Å². The molecule has 1 amide bonds. The SMILES string of the molecule is Cc1ccc(-c2cn3nc(N4CCCC(C(=O)Nc5ccc(C)c(C)c5)C4)sc3n2)cc1. The first-order valence-corrected chi connectivity index (χ1v) is 11.8. The summed E-state index contributed by atoms with van der Waals surface area (Å²) < 4.78 is 1.86. The number of aryl methyl sites for hydroxylation is 3. The summed E-state index contributed by atoms with van der Waals surface area (Å²) in [6, 6.07) is 14.4. The van der Waals surface area contributed by atoms with Crippen LogP contribution in [0.15, 0.2) is 48.7 Å². The first kappa shape index (κ1) is 20.7. The van der Waals surface area contributed by atoms with E-state index in [1.807, 2.05) is 28.9 Å². The minimum atomic E-state index is -0.0512. The van der Waals surface area contributed by atoms with Gasteiger partial charge in [0.2, 0.25) is 16.0 Å². The first-order chi connectivity index (χ1) is 15.5. The average Bonchev–Trinajstić information content (AvgIpc) is 3.36. The summed E-state index contributed by atoms with van der Waals surface area (Å²) in [5.74, 6) is 0.0330. The zero-order chi connectivity index (χ0) is 22.2. The lowest BCUT2D eigenvalue weighted by atomic mass is 9.97. The number of carbonyl (C=O) groups excluding carboxylic acids is 1. The quantitative estimate of drug-likeness (QED) is 0.467. The number of carbonyl (C=O) groups is 1. The first-order valence-electron chi connectivity index (χ1n) is 11.0. The zero-order valence-electron chi connectivity index (χ0n) is 18.6. The van der Waals surface area contributed by atoms with Crippen LogP contribution in [0.4, 0.5) is 10.8 Å². The average molecular weight is 446 g/mol. The summed E-state index contributed by atoms with van der Waals surface area (Å²) in [5.41, 5.74) is 6.54. The molecule has 1 aliphatic rings. The van der Waals surface area contributed by atoms with Gasteiger partial charge < -0.3 is 10.2 Å². The standard InChI is InChI=1S/C25H27N5OS/c1-16-6-9-19(10-7-16)22-15-30-24(27-22)32-25(28-30)29-12-4-5-20(14-29)23(31)26-21-11-8-17(2)18(3)13-21/h6-11,13,15,20H,4-5,12,14H2,1-3H3,(H,26,31). The molecule has 6 nitrogen and oxygen atoms in total. The molecule has 1 fully saturated rings. The highest BCUT2D eigenvalue weighted by Gasteiger charge is 2.28. The van der Waals surface area contributed by atoms with Gasteiger partial charge in [0, 0.05) is 24.3 Å². The molecule has 0 bridgehead atoms. The number of rotatable bonds is 4. The Hall–Kier alpha value is -3.19. The van der Waals surface area contributed by atoms with E-state index in [0.29, 0.717) is 6.54 Å². The van der Waals surface area contributed by atoms with Crippen LogP contribution in [-0.2, 0) is 4.79 Å². The van der Waals surface area contributed by atoms with Crippen LogP contribution in [0.1, 0.15) is 29.5 Å². The van der Waals surface area contributed by atoms with Crippen molar-refractivity contribution in [1.29, 1.82) is 0 Å². The highest BCUT2D eigenvalue weighted by Crippen LogP contribution is 2.30. The van der Waals surface area contributed by atoms with Crippen LogP contribution in [0.5, 0.6) is 0 Å². The Morgan fingerprint density at radius 3 is 2.66 bits per heavy atom. The normalized spacial score (nSPS) is 16.5. The molecule has 32 heavy (non-hydrogen) atoms. The largest absolute Gasteiger partial charge is 0.346 e. The molecule has 2 aromatic heterocycles. The Morgan fingerprint density at radius 1 is 1.09 bits per heavy atom. The van der Waals surface area contributed by atoms with Gasteiger partial charge in [-0.1, -0.05) is 47.2 Å². The highest BCUT2D eigenvalue weighted by atomic mass is 32.1. The number of hydrogen-bond donors (Lipinski definition) is 1. The summed E-state index contributed by atoms with van der Waals surface area (Å²) in [4.78, 5) is 20.8. The second-order valence-corrected chi connectivity index (χ2v) is 9.61. The molecule has 1 saturated heterocycles. The number of aromatic nitrogens is 3. The van der Waals surface area contributed by atoms with E-state index in [1.165, 1.54) is 16.7 Å². The molecule has 3 heterocycles. The summed E-state index contributed by atoms with van der Waals surface area (Å²) in [6.07, 6.45) is 3.85. The fourth-order valence-electron chi connectivity index (χ4n) is 4.11. The van der Waals surface area contributed by atoms with E-state index in [0.717, 1.165) is 46.4 Å². The molecule has 0 saturated carbocycles. The number of nitrogens with one attached hydrogen (secondary N) is 1. The molecule has 2 aromatic carbocycles. The lowest BCUT2D eigenvalue weighted by Crippen LogP contribution is -2.40. The van der Waals surface area contributed by atoms with Crippen LogP contribution < -0.4 is 10.2 Å². The number of piperidine rings is 1. The molecule has 1 atom stereocenters. The van der Waals surface area contributed by atoms with Gasteiger partial charge in [-0.3, -0.25) is 4.79 Å². The van der Waals surface area contributed by atoms with E-state index in [9.17, 15) is 4.79 Å². The summed E-state index contributed by atoms with van der Waals surface area (Å²) in [5, 5.41) is 8.79. The number of anilines is 2. The Balaban J connectivity index is 1.29. The van der Waals surface area contributed by atoms with E-state index in [-0.39, 0.29) is 11.8 Å². The molecule has 0 radical (unpaired) electrons. The van der Waals surface area contributed by atoms with Crippen molar-refractivity contribution in [2.75, 3.05) is 23.3 Å². The highest BCUT2D eigenvalue weighted by molar-refractivity contribution is 7.20. The lowest BCUT2D eigenvalue weighted by Gasteiger charge is -2.31. The maximum absolute atomic E-state index is 12.9. The Morgan fingerprint density at radius 2 is 1.91 bits per heavy atom. The van der Waals surface area contributed by atoms with Crippen LogP contribution in [-0.4, -0.2) is 33.6 Å². The van der Waals surface area contributed by atoms with Crippen molar-refractivity contribution in [1.82, 2.24) is 14.6 Å². The number of nitrogens with zero attached hydrogens (tertiary/aromatic N) is 4. The molecule has 164 valence electrons. The van der Waals surface area contributed by atoms with Gasteiger partial charge in [0.25, 0.3) is 0 Å². The second kappa shape index (κ2) is 8.39. The van der Waals surface area contributed by atoms with Gasteiger partial charge in [0.1, 0.15) is 0 Å². The predicted molar refractivity (Wildman–Crippen MR) is 131 cm³/mol. The van der Waals surface area contributed by atoms with Crippen molar-refractivity contribution in [3.8, 4) is 11.3 Å². The smallest absolute Gasteiger partial charge is 0.229 e. The molecule has 1 N–H and O–H groups in total. The monoisotopic (exact) mass is 445 g/mol. The zero-order valence-corrected chi connectivity index (χ0v) is 19.4. The van der Waals surface area contributed by atoms with E-state index in [2.05, 4.69) is 55.3 Å². The Bertz CT molecular complexity index is 1240. The molecule has 1 aliphatic heterocycles. The molecule has 4 aromatic rings. The molecule has 1 unspecified atom stereocenters. The van der Waals surface area contributed by atoms with Crippen molar-refractivity contribution >= 4 is 33.0 Å². The van der Waals surface area contributed by atoms with Crippen LogP contribution in [0, 0.1) is 26.7 Å². The van der Waals surface area contributed by atoms with Gasteiger partial charge in [-0.2, -0.15) is 0 Å². The number of hydrogen-bond acceptors (Lipinski definition) is 5. The van der Waals surface area contributed by atoms with Gasteiger partial charge in [0.15, 0.2) is 0 Å². The minimum absolute atomic E-state index is 0.0512. The fraction of sp³-hybridized carbons (Fsp3) is 0.320.